The van der Waals surface area contributed by atoms with Gasteiger partial charge in [-0.3, -0.25) is 9.79 Å². The smallest absolute Gasteiger partial charge is 0.166 e. The van der Waals surface area contributed by atoms with E-state index in [0.29, 0.717) is 18.6 Å². The first-order chi connectivity index (χ1) is 15.7. The van der Waals surface area contributed by atoms with Gasteiger partial charge in [0, 0.05) is 29.8 Å². The van der Waals surface area contributed by atoms with Gasteiger partial charge in [0.2, 0.25) is 0 Å². The third-order valence-corrected chi connectivity index (χ3v) is 6.40. The zero-order valence-electron chi connectivity index (χ0n) is 20.0. The van der Waals surface area contributed by atoms with E-state index in [-0.39, 0.29) is 17.5 Å². The molecule has 0 amide bonds. The second-order valence-electron chi connectivity index (χ2n) is 9.40. The zero-order chi connectivity index (χ0) is 24.1. The summed E-state index contributed by atoms with van der Waals surface area (Å²) < 4.78 is 13.6. The van der Waals surface area contributed by atoms with Gasteiger partial charge in [0.15, 0.2) is 5.78 Å². The molecule has 2 aromatic carbocycles. The first-order valence-electron chi connectivity index (χ1n) is 11.9. The third-order valence-electron chi connectivity index (χ3n) is 6.40. The molecular formula is C27H36FN3O2. The van der Waals surface area contributed by atoms with Crippen LogP contribution in [0.2, 0.25) is 0 Å². The molecule has 0 spiro atoms. The first kappa shape index (κ1) is 25.1. The highest BCUT2D eigenvalue weighted by atomic mass is 19.1. The predicted octanol–water partition coefficient (Wildman–Crippen LogP) is 4.55. The summed E-state index contributed by atoms with van der Waals surface area (Å²) in [5.41, 5.74) is 9.65. The van der Waals surface area contributed by atoms with Crippen LogP contribution in [0, 0.1) is 17.7 Å². The Kier molecular flexibility index (Phi) is 8.38. The molecule has 0 aromatic heterocycles. The number of unbranched alkanes of at least 4 members (excludes halogenated alkanes) is 1. The molecule has 0 radical (unpaired) electrons. The number of benzene rings is 2. The number of aliphatic hydroxyl groups excluding tert-OH is 1. The van der Waals surface area contributed by atoms with Gasteiger partial charge < -0.3 is 15.7 Å². The molecule has 5 nitrogen and oxygen atoms in total. The lowest BCUT2D eigenvalue weighted by Crippen LogP contribution is -2.53. The Bertz CT molecular complexity index is 974. The summed E-state index contributed by atoms with van der Waals surface area (Å²) >= 11 is 0. The summed E-state index contributed by atoms with van der Waals surface area (Å²) in [5, 5.41) is 10.9. The zero-order valence-corrected chi connectivity index (χ0v) is 20.0. The lowest BCUT2D eigenvalue weighted by molar-refractivity contribution is -0.129. The largest absolute Gasteiger partial charge is 0.392 e. The molecule has 6 heteroatoms. The lowest BCUT2D eigenvalue weighted by atomic mass is 9.83. The third kappa shape index (κ3) is 5.68. The van der Waals surface area contributed by atoms with E-state index in [2.05, 4.69) is 20.8 Å². The number of carbonyl (C=O) groups is 1. The minimum Gasteiger partial charge on any atom is -0.392 e. The minimum atomic E-state index is -0.859. The Balaban J connectivity index is 2.09. The molecule has 2 aromatic rings. The molecule has 0 aliphatic carbocycles. The SMILES string of the molecule is CCCCC(O)C(CC(C)C)C(=O)C1N=C(c2ccc(F)cc2)c2ccccc2N(C)C1N. The van der Waals surface area contributed by atoms with Gasteiger partial charge in [-0.1, -0.05) is 51.8 Å². The van der Waals surface area contributed by atoms with Gasteiger partial charge in [0.05, 0.1) is 11.8 Å². The van der Waals surface area contributed by atoms with Crippen molar-refractivity contribution in [3.05, 3.63) is 65.5 Å². The van der Waals surface area contributed by atoms with E-state index >= 15 is 0 Å². The van der Waals surface area contributed by atoms with Crippen LogP contribution in [0.4, 0.5) is 10.1 Å². The van der Waals surface area contributed by atoms with Crippen LogP contribution in [-0.4, -0.2) is 42.0 Å². The van der Waals surface area contributed by atoms with Gasteiger partial charge in [-0.2, -0.15) is 0 Å². The minimum absolute atomic E-state index is 0.140. The van der Waals surface area contributed by atoms with Gasteiger partial charge in [-0.15, -0.1) is 0 Å². The van der Waals surface area contributed by atoms with Crippen LogP contribution in [0.3, 0.4) is 0 Å². The highest BCUT2D eigenvalue weighted by Crippen LogP contribution is 2.31. The topological polar surface area (TPSA) is 78.9 Å². The number of nitrogens with zero attached hydrogens (tertiary/aromatic N) is 2. The summed E-state index contributed by atoms with van der Waals surface area (Å²) in [5.74, 6) is -0.772. The van der Waals surface area contributed by atoms with Crippen molar-refractivity contribution < 1.29 is 14.3 Å². The number of hydrogen-bond donors (Lipinski definition) is 2. The number of fused-ring (bicyclic) bond motifs is 1. The summed E-state index contributed by atoms with van der Waals surface area (Å²) in [6.45, 7) is 6.17. The number of ketones is 1. The van der Waals surface area contributed by atoms with E-state index in [1.165, 1.54) is 12.1 Å². The van der Waals surface area contributed by atoms with Gasteiger partial charge in [-0.25, -0.2) is 4.39 Å². The number of rotatable bonds is 9. The maximum Gasteiger partial charge on any atom is 0.166 e. The Morgan fingerprint density at radius 1 is 1.18 bits per heavy atom. The monoisotopic (exact) mass is 453 g/mol. The summed E-state index contributed by atoms with van der Waals surface area (Å²) in [6.07, 6.45) is 1.54. The lowest BCUT2D eigenvalue weighted by Gasteiger charge is -2.32. The van der Waals surface area contributed by atoms with Crippen molar-refractivity contribution in [2.75, 3.05) is 11.9 Å². The molecule has 3 rings (SSSR count). The number of likely N-dealkylation sites (N-methyl/N-ethyl adjacent to an activating group) is 1. The molecule has 0 saturated heterocycles. The van der Waals surface area contributed by atoms with E-state index < -0.39 is 24.2 Å². The number of halogens is 1. The van der Waals surface area contributed by atoms with Crippen LogP contribution < -0.4 is 10.6 Å². The average molecular weight is 454 g/mol. The molecule has 0 fully saturated rings. The Morgan fingerprint density at radius 3 is 2.48 bits per heavy atom. The fraction of sp³-hybridized carbons (Fsp3) is 0.481. The van der Waals surface area contributed by atoms with Crippen molar-refractivity contribution in [1.82, 2.24) is 0 Å². The fourth-order valence-corrected chi connectivity index (χ4v) is 4.51. The molecule has 0 bridgehead atoms. The van der Waals surface area contributed by atoms with Crippen LogP contribution in [0.5, 0.6) is 0 Å². The number of hydrogen-bond acceptors (Lipinski definition) is 5. The predicted molar refractivity (Wildman–Crippen MR) is 132 cm³/mol. The molecule has 178 valence electrons. The van der Waals surface area contributed by atoms with E-state index in [1.807, 2.05) is 36.2 Å². The Labute approximate surface area is 196 Å². The maximum atomic E-state index is 13.9. The number of benzodiazepines with no additional fused rings is 1. The van der Waals surface area contributed by atoms with Crippen molar-refractivity contribution in [3.8, 4) is 0 Å². The molecule has 4 atom stereocenters. The summed E-state index contributed by atoms with van der Waals surface area (Å²) in [4.78, 5) is 20.7. The fourth-order valence-electron chi connectivity index (χ4n) is 4.51. The van der Waals surface area contributed by atoms with E-state index in [1.54, 1.807) is 12.1 Å². The number of Topliss-reactive ketones (excluding diaryl/α,β-unsaturated/α-hetero) is 1. The molecular weight excluding hydrogens is 417 g/mol. The molecule has 1 aliphatic rings. The summed E-state index contributed by atoms with van der Waals surface area (Å²) in [7, 11) is 1.86. The number of aliphatic hydroxyl groups is 1. The number of aliphatic imine (C=N–C) groups is 1. The van der Waals surface area contributed by atoms with E-state index in [0.717, 1.165) is 29.7 Å². The highest BCUT2D eigenvalue weighted by molar-refractivity contribution is 6.17. The number of carbonyl (C=O) groups excluding carboxylic acids is 1. The van der Waals surface area contributed by atoms with Crippen LogP contribution in [0.1, 0.15) is 57.6 Å². The summed E-state index contributed by atoms with van der Waals surface area (Å²) in [6, 6.07) is 13.0. The quantitative estimate of drug-likeness (QED) is 0.584. The van der Waals surface area contributed by atoms with Gasteiger partial charge in [-0.05, 0) is 49.1 Å². The number of anilines is 1. The van der Waals surface area contributed by atoms with Crippen LogP contribution in [0.25, 0.3) is 0 Å². The van der Waals surface area contributed by atoms with Crippen molar-refractivity contribution >= 4 is 17.2 Å². The molecule has 4 unspecified atom stereocenters. The van der Waals surface area contributed by atoms with Crippen LogP contribution in [-0.2, 0) is 4.79 Å². The van der Waals surface area contributed by atoms with Crippen LogP contribution in [0.15, 0.2) is 53.5 Å². The standard InChI is InChI=1S/C27H36FN3O2/c1-5-6-11-23(32)21(16-17(2)3)26(33)25-27(29)31(4)22-10-8-7-9-20(22)24(30-25)18-12-14-19(28)15-13-18/h7-10,12-15,17,21,23,25,27,32H,5-6,11,16,29H2,1-4H3. The second-order valence-corrected chi connectivity index (χ2v) is 9.40. The van der Waals surface area contributed by atoms with Crippen LogP contribution >= 0.6 is 0 Å². The Hall–Kier alpha value is -2.57. The van der Waals surface area contributed by atoms with E-state index in [4.69, 9.17) is 10.7 Å². The number of para-hydroxylation sites is 1. The normalized spacial score (nSPS) is 20.1. The van der Waals surface area contributed by atoms with E-state index in [9.17, 15) is 14.3 Å². The highest BCUT2D eigenvalue weighted by Gasteiger charge is 2.39. The van der Waals surface area contributed by atoms with Crippen molar-refractivity contribution in [2.24, 2.45) is 22.6 Å². The molecule has 3 N–H and O–H groups in total. The molecule has 33 heavy (non-hydrogen) atoms. The first-order valence-corrected chi connectivity index (χ1v) is 11.9. The average Bonchev–Trinajstić information content (AvgIpc) is 2.91. The number of nitrogens with two attached hydrogens (primary N) is 1. The maximum absolute atomic E-state index is 13.9. The second kappa shape index (κ2) is 11.0. The van der Waals surface area contributed by atoms with Gasteiger partial charge in [0.25, 0.3) is 0 Å². The van der Waals surface area contributed by atoms with Crippen molar-refractivity contribution in [1.29, 1.82) is 0 Å². The Morgan fingerprint density at radius 2 is 1.85 bits per heavy atom. The molecule has 1 aliphatic heterocycles. The van der Waals surface area contributed by atoms with Crippen molar-refractivity contribution in [2.45, 2.75) is 64.8 Å². The van der Waals surface area contributed by atoms with Gasteiger partial charge >= 0.3 is 0 Å². The molecule has 1 heterocycles. The van der Waals surface area contributed by atoms with Gasteiger partial charge in [0.1, 0.15) is 18.0 Å². The molecule has 0 saturated carbocycles. The van der Waals surface area contributed by atoms with Crippen molar-refractivity contribution in [3.63, 3.8) is 0 Å².